The lowest BCUT2D eigenvalue weighted by molar-refractivity contribution is -0.122. The van der Waals surface area contributed by atoms with E-state index in [1.54, 1.807) is 4.31 Å². The normalized spacial score (nSPS) is 25.1. The Kier molecular flexibility index (Phi) is 6.01. The molecule has 1 atom stereocenters. The number of carbonyl (C=O) groups is 1. The molecule has 2 saturated heterocycles. The SMILES string of the molecule is CCCS(=O)(=O)N1CCC(NC(=O)CC2CCCN2)CC1. The van der Waals surface area contributed by atoms with Crippen molar-refractivity contribution in [2.45, 2.75) is 57.5 Å². The highest BCUT2D eigenvalue weighted by Gasteiger charge is 2.28. The van der Waals surface area contributed by atoms with Crippen LogP contribution in [0.5, 0.6) is 0 Å². The fourth-order valence-corrected chi connectivity index (χ4v) is 4.65. The maximum absolute atomic E-state index is 12.0. The average molecular weight is 317 g/mol. The van der Waals surface area contributed by atoms with Crippen LogP contribution in [0.25, 0.3) is 0 Å². The molecular formula is C14H27N3O3S. The Labute approximate surface area is 127 Å². The van der Waals surface area contributed by atoms with E-state index < -0.39 is 10.0 Å². The van der Waals surface area contributed by atoms with Gasteiger partial charge in [-0.05, 0) is 38.6 Å². The van der Waals surface area contributed by atoms with Gasteiger partial charge in [0, 0.05) is 31.6 Å². The van der Waals surface area contributed by atoms with Crippen molar-refractivity contribution in [1.29, 1.82) is 0 Å². The van der Waals surface area contributed by atoms with Crippen molar-refractivity contribution in [3.8, 4) is 0 Å². The van der Waals surface area contributed by atoms with Crippen LogP contribution in [-0.2, 0) is 14.8 Å². The molecule has 0 aliphatic carbocycles. The van der Waals surface area contributed by atoms with E-state index in [0.29, 0.717) is 44.8 Å². The van der Waals surface area contributed by atoms with E-state index in [4.69, 9.17) is 0 Å². The standard InChI is InChI=1S/C14H27N3O3S/c1-2-10-21(19,20)17-8-5-12(6-9-17)16-14(18)11-13-4-3-7-15-13/h12-13,15H,2-11H2,1H3,(H,16,18). The second kappa shape index (κ2) is 7.56. The fourth-order valence-electron chi connectivity index (χ4n) is 3.11. The number of amides is 1. The summed E-state index contributed by atoms with van der Waals surface area (Å²) in [4.78, 5) is 12.0. The third-order valence-electron chi connectivity index (χ3n) is 4.27. The van der Waals surface area contributed by atoms with Crippen molar-refractivity contribution in [3.63, 3.8) is 0 Å². The van der Waals surface area contributed by atoms with Gasteiger partial charge in [-0.1, -0.05) is 6.92 Å². The number of nitrogens with one attached hydrogen (secondary N) is 2. The minimum atomic E-state index is -3.09. The van der Waals surface area contributed by atoms with Crippen molar-refractivity contribution in [2.75, 3.05) is 25.4 Å². The topological polar surface area (TPSA) is 78.5 Å². The van der Waals surface area contributed by atoms with E-state index in [2.05, 4.69) is 10.6 Å². The smallest absolute Gasteiger partial charge is 0.221 e. The molecule has 2 N–H and O–H groups in total. The first-order valence-electron chi connectivity index (χ1n) is 8.02. The van der Waals surface area contributed by atoms with E-state index in [-0.39, 0.29) is 17.7 Å². The molecule has 7 heteroatoms. The zero-order valence-electron chi connectivity index (χ0n) is 12.8. The molecule has 0 bridgehead atoms. The van der Waals surface area contributed by atoms with Crippen LogP contribution in [0.2, 0.25) is 0 Å². The summed E-state index contributed by atoms with van der Waals surface area (Å²) in [5.74, 6) is 0.307. The quantitative estimate of drug-likeness (QED) is 0.745. The third kappa shape index (κ3) is 4.93. The summed E-state index contributed by atoms with van der Waals surface area (Å²) >= 11 is 0. The van der Waals surface area contributed by atoms with E-state index >= 15 is 0 Å². The highest BCUT2D eigenvalue weighted by atomic mass is 32.2. The Morgan fingerprint density at radius 3 is 2.57 bits per heavy atom. The molecule has 0 aromatic carbocycles. The summed E-state index contributed by atoms with van der Waals surface area (Å²) in [6, 6.07) is 0.432. The second-order valence-electron chi connectivity index (χ2n) is 6.05. The minimum absolute atomic E-state index is 0.0873. The molecule has 1 amide bonds. The molecular weight excluding hydrogens is 290 g/mol. The van der Waals surface area contributed by atoms with Gasteiger partial charge in [-0.2, -0.15) is 0 Å². The maximum Gasteiger partial charge on any atom is 0.221 e. The summed E-state index contributed by atoms with van der Waals surface area (Å²) in [7, 11) is -3.09. The molecule has 6 nitrogen and oxygen atoms in total. The Balaban J connectivity index is 1.72. The van der Waals surface area contributed by atoms with Crippen LogP contribution in [0.3, 0.4) is 0 Å². The number of carbonyl (C=O) groups excluding carboxylic acids is 1. The van der Waals surface area contributed by atoms with Gasteiger partial charge in [0.25, 0.3) is 0 Å². The van der Waals surface area contributed by atoms with Gasteiger partial charge in [0.15, 0.2) is 0 Å². The summed E-state index contributed by atoms with van der Waals surface area (Å²) in [5.41, 5.74) is 0. The number of sulfonamides is 1. The van der Waals surface area contributed by atoms with Crippen LogP contribution in [0.1, 0.15) is 45.4 Å². The van der Waals surface area contributed by atoms with Gasteiger partial charge in [-0.3, -0.25) is 4.79 Å². The summed E-state index contributed by atoms with van der Waals surface area (Å²) in [5, 5.41) is 6.37. The third-order valence-corrected chi connectivity index (χ3v) is 6.34. The molecule has 0 saturated carbocycles. The van der Waals surface area contributed by atoms with Crippen LogP contribution in [0.4, 0.5) is 0 Å². The van der Waals surface area contributed by atoms with Crippen molar-refractivity contribution in [1.82, 2.24) is 14.9 Å². The van der Waals surface area contributed by atoms with Crippen molar-refractivity contribution < 1.29 is 13.2 Å². The molecule has 0 radical (unpaired) electrons. The van der Waals surface area contributed by atoms with Gasteiger partial charge in [0.2, 0.25) is 15.9 Å². The molecule has 0 aromatic rings. The van der Waals surface area contributed by atoms with Crippen LogP contribution in [0, 0.1) is 0 Å². The van der Waals surface area contributed by atoms with E-state index in [0.717, 1.165) is 19.4 Å². The minimum Gasteiger partial charge on any atom is -0.353 e. The van der Waals surface area contributed by atoms with Crippen molar-refractivity contribution >= 4 is 15.9 Å². The monoisotopic (exact) mass is 317 g/mol. The highest BCUT2D eigenvalue weighted by molar-refractivity contribution is 7.89. The van der Waals surface area contributed by atoms with E-state index in [1.807, 2.05) is 6.92 Å². The Hall–Kier alpha value is -0.660. The zero-order valence-corrected chi connectivity index (χ0v) is 13.6. The number of rotatable bonds is 6. The number of hydrogen-bond acceptors (Lipinski definition) is 4. The summed E-state index contributed by atoms with van der Waals surface area (Å²) in [6.07, 6.45) is 4.83. The first-order valence-corrected chi connectivity index (χ1v) is 9.62. The predicted octanol–water partition coefficient (Wildman–Crippen LogP) is 0.449. The molecule has 1 unspecified atom stereocenters. The lowest BCUT2D eigenvalue weighted by Crippen LogP contribution is -2.47. The molecule has 0 aromatic heterocycles. The van der Waals surface area contributed by atoms with Crippen molar-refractivity contribution in [3.05, 3.63) is 0 Å². The fraction of sp³-hybridized carbons (Fsp3) is 0.929. The lowest BCUT2D eigenvalue weighted by atomic mass is 10.1. The van der Waals surface area contributed by atoms with E-state index in [1.165, 1.54) is 0 Å². The highest BCUT2D eigenvalue weighted by Crippen LogP contribution is 2.16. The Morgan fingerprint density at radius 2 is 2.00 bits per heavy atom. The summed E-state index contributed by atoms with van der Waals surface area (Å²) in [6.45, 7) is 3.93. The van der Waals surface area contributed by atoms with Gasteiger partial charge in [0.1, 0.15) is 0 Å². The molecule has 2 aliphatic rings. The van der Waals surface area contributed by atoms with Crippen LogP contribution >= 0.6 is 0 Å². The number of piperidine rings is 1. The van der Waals surface area contributed by atoms with Gasteiger partial charge >= 0.3 is 0 Å². The first-order chi connectivity index (χ1) is 10.0. The second-order valence-corrected chi connectivity index (χ2v) is 8.14. The summed E-state index contributed by atoms with van der Waals surface area (Å²) < 4.78 is 25.5. The van der Waals surface area contributed by atoms with Crippen LogP contribution in [-0.4, -0.2) is 56.1 Å². The number of hydrogen-bond donors (Lipinski definition) is 2. The largest absolute Gasteiger partial charge is 0.353 e. The molecule has 21 heavy (non-hydrogen) atoms. The van der Waals surface area contributed by atoms with Gasteiger partial charge < -0.3 is 10.6 Å². The van der Waals surface area contributed by atoms with Gasteiger partial charge in [0.05, 0.1) is 5.75 Å². The van der Waals surface area contributed by atoms with E-state index in [9.17, 15) is 13.2 Å². The van der Waals surface area contributed by atoms with Crippen LogP contribution in [0.15, 0.2) is 0 Å². The van der Waals surface area contributed by atoms with Gasteiger partial charge in [-0.25, -0.2) is 12.7 Å². The average Bonchev–Trinajstić information content (AvgIpc) is 2.92. The predicted molar refractivity (Wildman–Crippen MR) is 82.5 cm³/mol. The Morgan fingerprint density at radius 1 is 1.29 bits per heavy atom. The number of nitrogens with zero attached hydrogens (tertiary/aromatic N) is 1. The van der Waals surface area contributed by atoms with Crippen molar-refractivity contribution in [2.24, 2.45) is 0 Å². The molecule has 2 fully saturated rings. The van der Waals surface area contributed by atoms with Gasteiger partial charge in [-0.15, -0.1) is 0 Å². The molecule has 2 aliphatic heterocycles. The molecule has 2 rings (SSSR count). The molecule has 122 valence electrons. The van der Waals surface area contributed by atoms with Crippen LogP contribution < -0.4 is 10.6 Å². The first kappa shape index (κ1) is 16.7. The maximum atomic E-state index is 12.0. The Bertz CT molecular complexity index is 438. The molecule has 2 heterocycles. The lowest BCUT2D eigenvalue weighted by Gasteiger charge is -2.31. The zero-order chi connectivity index (χ0) is 15.3. The molecule has 0 spiro atoms.